The third-order valence-corrected chi connectivity index (χ3v) is 3.82. The molecular formula is C17H20N2S. The molecule has 2 rings (SSSR count). The summed E-state index contributed by atoms with van der Waals surface area (Å²) in [6, 6.07) is 14.6. The fourth-order valence-corrected chi connectivity index (χ4v) is 2.28. The third kappa shape index (κ3) is 3.36. The Hall–Kier alpha value is -1.87. The first-order chi connectivity index (χ1) is 9.47. The van der Waals surface area contributed by atoms with E-state index in [9.17, 15) is 0 Å². The van der Waals surface area contributed by atoms with Gasteiger partial charge in [-0.05, 0) is 54.8 Å². The van der Waals surface area contributed by atoms with Crippen LogP contribution in [-0.2, 0) is 6.54 Å². The van der Waals surface area contributed by atoms with Crippen LogP contribution in [0.25, 0.3) is 0 Å². The lowest BCUT2D eigenvalue weighted by molar-refractivity contribution is 0.920. The van der Waals surface area contributed by atoms with E-state index in [2.05, 4.69) is 56.1 Å². The molecule has 0 unspecified atom stereocenters. The minimum Gasteiger partial charge on any atom is -0.389 e. The van der Waals surface area contributed by atoms with Gasteiger partial charge in [0, 0.05) is 24.8 Å². The van der Waals surface area contributed by atoms with Crippen molar-refractivity contribution in [2.24, 2.45) is 5.73 Å². The first-order valence-electron chi connectivity index (χ1n) is 6.64. The van der Waals surface area contributed by atoms with Crippen LogP contribution in [0.2, 0.25) is 0 Å². The average molecular weight is 284 g/mol. The van der Waals surface area contributed by atoms with E-state index < -0.39 is 0 Å². The number of nitrogens with two attached hydrogens (primary N) is 1. The van der Waals surface area contributed by atoms with Gasteiger partial charge in [-0.15, -0.1) is 0 Å². The fraction of sp³-hybridized carbons (Fsp3) is 0.235. The van der Waals surface area contributed by atoms with Gasteiger partial charge in [-0.1, -0.05) is 30.4 Å². The summed E-state index contributed by atoms with van der Waals surface area (Å²) in [5.74, 6) is 0. The zero-order valence-corrected chi connectivity index (χ0v) is 13.0. The van der Waals surface area contributed by atoms with Crippen molar-refractivity contribution in [3.05, 3.63) is 64.7 Å². The van der Waals surface area contributed by atoms with E-state index in [1.807, 2.05) is 12.1 Å². The Balaban J connectivity index is 2.12. The van der Waals surface area contributed by atoms with Crippen LogP contribution in [0.4, 0.5) is 5.69 Å². The van der Waals surface area contributed by atoms with Crippen molar-refractivity contribution in [1.82, 2.24) is 0 Å². The maximum absolute atomic E-state index is 5.61. The SMILES string of the molecule is Cc1ccc(CN(C)c2ccc(C(N)=S)cc2)cc1C. The van der Waals surface area contributed by atoms with Gasteiger partial charge in [0.15, 0.2) is 0 Å². The molecule has 0 saturated carbocycles. The molecule has 104 valence electrons. The van der Waals surface area contributed by atoms with Crippen molar-refractivity contribution < 1.29 is 0 Å². The summed E-state index contributed by atoms with van der Waals surface area (Å²) in [5, 5.41) is 0. The summed E-state index contributed by atoms with van der Waals surface area (Å²) in [7, 11) is 2.09. The normalized spacial score (nSPS) is 10.3. The van der Waals surface area contributed by atoms with Crippen molar-refractivity contribution in [3.8, 4) is 0 Å². The summed E-state index contributed by atoms with van der Waals surface area (Å²) < 4.78 is 0. The highest BCUT2D eigenvalue weighted by atomic mass is 32.1. The zero-order chi connectivity index (χ0) is 14.7. The molecule has 0 heterocycles. The Kier molecular flexibility index (Phi) is 4.40. The lowest BCUT2D eigenvalue weighted by Crippen LogP contribution is -2.17. The monoisotopic (exact) mass is 284 g/mol. The molecule has 0 aliphatic rings. The van der Waals surface area contributed by atoms with Crippen LogP contribution in [0.1, 0.15) is 22.3 Å². The molecule has 3 heteroatoms. The smallest absolute Gasteiger partial charge is 0.103 e. The second-order valence-corrected chi connectivity index (χ2v) is 5.63. The molecule has 2 aromatic carbocycles. The molecule has 0 aromatic heterocycles. The Bertz CT molecular complexity index is 617. The van der Waals surface area contributed by atoms with Gasteiger partial charge < -0.3 is 10.6 Å². The lowest BCUT2D eigenvalue weighted by Gasteiger charge is -2.20. The molecule has 20 heavy (non-hydrogen) atoms. The molecule has 0 radical (unpaired) electrons. The molecule has 2 aromatic rings. The Morgan fingerprint density at radius 3 is 2.25 bits per heavy atom. The molecule has 2 nitrogen and oxygen atoms in total. The van der Waals surface area contributed by atoms with E-state index >= 15 is 0 Å². The summed E-state index contributed by atoms with van der Waals surface area (Å²) in [4.78, 5) is 2.65. The zero-order valence-electron chi connectivity index (χ0n) is 12.2. The first-order valence-corrected chi connectivity index (χ1v) is 7.05. The van der Waals surface area contributed by atoms with Crippen molar-refractivity contribution >= 4 is 22.9 Å². The molecule has 0 fully saturated rings. The summed E-state index contributed by atoms with van der Waals surface area (Å²) >= 11 is 4.97. The second kappa shape index (κ2) is 6.06. The molecule has 2 N–H and O–H groups in total. The van der Waals surface area contributed by atoms with Gasteiger partial charge in [-0.3, -0.25) is 0 Å². The van der Waals surface area contributed by atoms with Gasteiger partial charge in [-0.25, -0.2) is 0 Å². The minimum atomic E-state index is 0.438. The number of nitrogens with zero attached hydrogens (tertiary/aromatic N) is 1. The Morgan fingerprint density at radius 1 is 1.05 bits per heavy atom. The Labute approximate surface area is 126 Å². The average Bonchev–Trinajstić information content (AvgIpc) is 2.43. The van der Waals surface area contributed by atoms with Crippen LogP contribution in [0.5, 0.6) is 0 Å². The van der Waals surface area contributed by atoms with Crippen molar-refractivity contribution in [1.29, 1.82) is 0 Å². The fourth-order valence-electron chi connectivity index (χ4n) is 2.15. The number of hydrogen-bond acceptors (Lipinski definition) is 2. The summed E-state index contributed by atoms with van der Waals surface area (Å²) in [5.41, 5.74) is 11.7. The van der Waals surface area contributed by atoms with E-state index in [-0.39, 0.29) is 0 Å². The van der Waals surface area contributed by atoms with Crippen LogP contribution in [0.3, 0.4) is 0 Å². The van der Waals surface area contributed by atoms with Gasteiger partial charge in [0.2, 0.25) is 0 Å². The van der Waals surface area contributed by atoms with E-state index in [0.717, 1.165) is 17.8 Å². The van der Waals surface area contributed by atoms with Crippen LogP contribution in [0.15, 0.2) is 42.5 Å². The lowest BCUT2D eigenvalue weighted by atomic mass is 10.1. The highest BCUT2D eigenvalue weighted by Crippen LogP contribution is 2.18. The number of hydrogen-bond donors (Lipinski definition) is 1. The molecule has 0 spiro atoms. The Morgan fingerprint density at radius 2 is 1.70 bits per heavy atom. The van der Waals surface area contributed by atoms with E-state index in [1.54, 1.807) is 0 Å². The van der Waals surface area contributed by atoms with Crippen LogP contribution in [-0.4, -0.2) is 12.0 Å². The third-order valence-electron chi connectivity index (χ3n) is 3.58. The van der Waals surface area contributed by atoms with E-state index in [4.69, 9.17) is 18.0 Å². The van der Waals surface area contributed by atoms with Crippen molar-refractivity contribution in [2.45, 2.75) is 20.4 Å². The number of thiocarbonyl (C=S) groups is 1. The quantitative estimate of drug-likeness (QED) is 0.870. The van der Waals surface area contributed by atoms with Crippen molar-refractivity contribution in [2.75, 3.05) is 11.9 Å². The number of anilines is 1. The summed E-state index contributed by atoms with van der Waals surface area (Å²) in [6.07, 6.45) is 0. The summed E-state index contributed by atoms with van der Waals surface area (Å²) in [6.45, 7) is 5.17. The van der Waals surface area contributed by atoms with Crippen molar-refractivity contribution in [3.63, 3.8) is 0 Å². The second-order valence-electron chi connectivity index (χ2n) is 5.19. The van der Waals surface area contributed by atoms with Gasteiger partial charge in [0.1, 0.15) is 4.99 Å². The maximum Gasteiger partial charge on any atom is 0.103 e. The maximum atomic E-state index is 5.61. The van der Waals surface area contributed by atoms with E-state index in [1.165, 1.54) is 16.7 Å². The number of benzene rings is 2. The van der Waals surface area contributed by atoms with Crippen LogP contribution < -0.4 is 10.6 Å². The molecule has 0 atom stereocenters. The largest absolute Gasteiger partial charge is 0.389 e. The van der Waals surface area contributed by atoms with Crippen LogP contribution >= 0.6 is 12.2 Å². The molecular weight excluding hydrogens is 264 g/mol. The molecule has 0 aliphatic heterocycles. The van der Waals surface area contributed by atoms with Crippen LogP contribution in [0, 0.1) is 13.8 Å². The highest BCUT2D eigenvalue weighted by molar-refractivity contribution is 7.80. The van der Waals surface area contributed by atoms with Gasteiger partial charge in [0.05, 0.1) is 0 Å². The molecule has 0 bridgehead atoms. The molecule has 0 saturated heterocycles. The number of aryl methyl sites for hydroxylation is 2. The minimum absolute atomic E-state index is 0.438. The first kappa shape index (κ1) is 14.5. The topological polar surface area (TPSA) is 29.3 Å². The predicted molar refractivity (Wildman–Crippen MR) is 90.4 cm³/mol. The highest BCUT2D eigenvalue weighted by Gasteiger charge is 2.04. The van der Waals surface area contributed by atoms with Gasteiger partial charge in [-0.2, -0.15) is 0 Å². The molecule has 0 aliphatic carbocycles. The molecule has 0 amide bonds. The van der Waals surface area contributed by atoms with Gasteiger partial charge in [0.25, 0.3) is 0 Å². The standard InChI is InChI=1S/C17H20N2S/c1-12-4-5-14(10-13(12)2)11-19(3)16-8-6-15(7-9-16)17(18)20/h4-10H,11H2,1-3H3,(H2,18,20). The van der Waals surface area contributed by atoms with E-state index in [0.29, 0.717) is 4.99 Å². The number of rotatable bonds is 4. The van der Waals surface area contributed by atoms with Gasteiger partial charge >= 0.3 is 0 Å². The predicted octanol–water partition coefficient (Wildman–Crippen LogP) is 3.57.